The van der Waals surface area contributed by atoms with E-state index in [-0.39, 0.29) is 37.1 Å². The number of hydrogen-bond acceptors (Lipinski definition) is 12. The summed E-state index contributed by atoms with van der Waals surface area (Å²) >= 11 is -4.08. The van der Waals surface area contributed by atoms with Crippen LogP contribution in [-0.4, -0.2) is 37.1 Å². The zero-order chi connectivity index (χ0) is 26.6. The summed E-state index contributed by atoms with van der Waals surface area (Å²) < 4.78 is 48.9. The van der Waals surface area contributed by atoms with E-state index in [4.69, 9.17) is 38.0 Å². The Morgan fingerprint density at radius 3 is 1.11 bits per heavy atom. The summed E-state index contributed by atoms with van der Waals surface area (Å²) in [5.41, 5.74) is -1.58. The van der Waals surface area contributed by atoms with Crippen LogP contribution in [0.15, 0.2) is 64.6 Å². The number of rotatable bonds is 15. The molecule has 0 amide bonds. The Morgan fingerprint density at radius 1 is 0.568 bits per heavy atom. The van der Waals surface area contributed by atoms with Crippen molar-refractivity contribution >= 4 is 17.3 Å². The molecule has 3 heterocycles. The zero-order valence-corrected chi connectivity index (χ0v) is 23.1. The van der Waals surface area contributed by atoms with Crippen LogP contribution in [0.5, 0.6) is 17.2 Å². The molecule has 12 nitrogen and oxygen atoms in total. The molecular weight excluding hydrogens is 550 g/mol. The minimum atomic E-state index is -4.08. The summed E-state index contributed by atoms with van der Waals surface area (Å²) in [6.07, 6.45) is 3.26. The van der Waals surface area contributed by atoms with Crippen LogP contribution in [0.1, 0.15) is 38.1 Å². The molecule has 0 saturated heterocycles. The molecule has 0 aliphatic heterocycles. The number of ether oxygens (including phenoxy) is 3. The van der Waals surface area contributed by atoms with Gasteiger partial charge in [0.25, 0.3) is 0 Å². The predicted molar refractivity (Wildman–Crippen MR) is 129 cm³/mol. The van der Waals surface area contributed by atoms with Crippen molar-refractivity contribution in [3.05, 3.63) is 84.9 Å². The first-order chi connectivity index (χ1) is 17.9. The molecule has 37 heavy (non-hydrogen) atoms. The van der Waals surface area contributed by atoms with Gasteiger partial charge in [0.1, 0.15) is 0 Å². The van der Waals surface area contributed by atoms with E-state index in [1.54, 1.807) is 0 Å². The van der Waals surface area contributed by atoms with E-state index in [1.807, 2.05) is 20.8 Å². The van der Waals surface area contributed by atoms with Crippen molar-refractivity contribution in [2.24, 2.45) is 0 Å². The normalized spacial score (nSPS) is 10.8. The van der Waals surface area contributed by atoms with Crippen LogP contribution in [-0.2, 0) is 34.0 Å². The minimum absolute atomic E-state index is 0.105. The molecule has 3 aromatic rings. The first-order valence-corrected chi connectivity index (χ1v) is 14.5. The fourth-order valence-electron chi connectivity index (χ4n) is 2.79. The van der Waals surface area contributed by atoms with E-state index in [2.05, 4.69) is 0 Å². The van der Waals surface area contributed by atoms with Crippen molar-refractivity contribution in [1.29, 1.82) is 0 Å². The van der Waals surface area contributed by atoms with Crippen molar-refractivity contribution in [2.45, 2.75) is 40.6 Å². The van der Waals surface area contributed by atoms with E-state index in [0.29, 0.717) is 37.1 Å². The Hall–Kier alpha value is -3.23. The molecule has 0 aliphatic rings. The van der Waals surface area contributed by atoms with Gasteiger partial charge >= 0.3 is 218 Å². The topological polar surface area (TPSA) is 146 Å². The molecule has 0 aromatic carbocycles. The molecule has 0 atom stereocenters. The average Bonchev–Trinajstić information content (AvgIpc) is 2.89. The van der Waals surface area contributed by atoms with Crippen LogP contribution < -0.4 is 26.9 Å². The third-order valence-corrected chi connectivity index (χ3v) is 7.38. The third kappa shape index (κ3) is 8.68. The Morgan fingerprint density at radius 2 is 0.865 bits per heavy atom. The quantitative estimate of drug-likeness (QED) is 0.245. The molecule has 0 bridgehead atoms. The van der Waals surface area contributed by atoms with E-state index >= 15 is 0 Å². The van der Waals surface area contributed by atoms with Gasteiger partial charge in [-0.15, -0.1) is 0 Å². The molecule has 0 unspecified atom stereocenters. The second-order valence-electron chi connectivity index (χ2n) is 7.28. The zero-order valence-electron chi connectivity index (χ0n) is 20.7. The fourth-order valence-corrected chi connectivity index (χ4v) is 5.48. The van der Waals surface area contributed by atoms with Crippen LogP contribution in [0.2, 0.25) is 0 Å². The summed E-state index contributed by atoms with van der Waals surface area (Å²) in [4.78, 5) is 37.7. The van der Waals surface area contributed by atoms with Gasteiger partial charge < -0.3 is 0 Å². The molecule has 198 valence electrons. The number of hydrogen-bond donors (Lipinski definition) is 0. The summed E-state index contributed by atoms with van der Waals surface area (Å²) in [5, 5.41) is 0. The molecule has 0 fully saturated rings. The van der Waals surface area contributed by atoms with Crippen LogP contribution >= 0.6 is 0 Å². The van der Waals surface area contributed by atoms with Crippen LogP contribution in [0.4, 0.5) is 0 Å². The van der Waals surface area contributed by atoms with Gasteiger partial charge in [0.05, 0.1) is 0 Å². The van der Waals surface area contributed by atoms with E-state index in [0.717, 1.165) is 18.8 Å². The second-order valence-corrected chi connectivity index (χ2v) is 9.97. The standard InChI is InChI=1S/3C8H10O4.Ga/c3*1-2-11-4-6-3-7(9)8(10)5-12-6;/h3*3,5,10H,2,4H2,1H3;/q;;;+3/p-3. The van der Waals surface area contributed by atoms with Crippen LogP contribution in [0.3, 0.4) is 0 Å². The third-order valence-electron chi connectivity index (χ3n) is 4.57. The van der Waals surface area contributed by atoms with Gasteiger partial charge in [-0.1, -0.05) is 0 Å². The molecule has 0 radical (unpaired) electrons. The summed E-state index contributed by atoms with van der Waals surface area (Å²) in [6, 6.07) is 3.62. The van der Waals surface area contributed by atoms with Crippen LogP contribution in [0, 0.1) is 0 Å². The predicted octanol–water partition coefficient (Wildman–Crippen LogP) is 2.68. The van der Waals surface area contributed by atoms with Crippen molar-refractivity contribution in [1.82, 2.24) is 0 Å². The van der Waals surface area contributed by atoms with Gasteiger partial charge in [-0.05, 0) is 0 Å². The van der Waals surface area contributed by atoms with E-state index in [1.165, 1.54) is 18.2 Å². The molecule has 0 N–H and O–H groups in total. The summed E-state index contributed by atoms with van der Waals surface area (Å²) in [7, 11) is 0. The van der Waals surface area contributed by atoms with Crippen molar-refractivity contribution in [3.8, 4) is 17.2 Å². The Bertz CT molecular complexity index is 1150. The fraction of sp³-hybridized carbons (Fsp3) is 0.375. The Labute approximate surface area is 217 Å². The Balaban J connectivity index is 1.85. The SMILES string of the molecule is CCOCc1cc(=O)c([O][Ga]([O]c2coc(COCC)cc2=O)[O]c2coc(COCC)cc2=O)co1. The molecule has 0 saturated carbocycles. The van der Waals surface area contributed by atoms with Crippen molar-refractivity contribution < 1.29 is 38.0 Å². The monoisotopic (exact) mass is 576 g/mol. The van der Waals surface area contributed by atoms with Gasteiger partial charge in [-0.2, -0.15) is 0 Å². The Kier molecular flexibility index (Phi) is 11.1. The van der Waals surface area contributed by atoms with Crippen molar-refractivity contribution in [3.63, 3.8) is 0 Å². The maximum absolute atomic E-state index is 12.6. The molecule has 3 rings (SSSR count). The van der Waals surface area contributed by atoms with Gasteiger partial charge in [0.2, 0.25) is 0 Å². The van der Waals surface area contributed by atoms with Gasteiger partial charge in [0, 0.05) is 0 Å². The maximum atomic E-state index is 12.6. The molecule has 0 aliphatic carbocycles. The first kappa shape index (κ1) is 28.3. The van der Waals surface area contributed by atoms with E-state index in [9.17, 15) is 14.4 Å². The molecule has 3 aromatic heterocycles. The van der Waals surface area contributed by atoms with Crippen LogP contribution in [0.25, 0.3) is 0 Å². The molecule has 0 spiro atoms. The average molecular weight is 577 g/mol. The first-order valence-electron chi connectivity index (χ1n) is 11.5. The molecular formula is C24H27GaO12. The summed E-state index contributed by atoms with van der Waals surface area (Å²) in [5.74, 6) is 0.211. The van der Waals surface area contributed by atoms with E-state index < -0.39 is 33.6 Å². The van der Waals surface area contributed by atoms with Gasteiger partial charge in [-0.3, -0.25) is 0 Å². The molecule has 13 heteroatoms. The van der Waals surface area contributed by atoms with Gasteiger partial charge in [-0.25, -0.2) is 0 Å². The van der Waals surface area contributed by atoms with Crippen molar-refractivity contribution in [2.75, 3.05) is 19.8 Å². The summed E-state index contributed by atoms with van der Waals surface area (Å²) in [6.45, 7) is 7.07. The second kappa shape index (κ2) is 14.5. The van der Waals surface area contributed by atoms with Gasteiger partial charge in [0.15, 0.2) is 0 Å².